The van der Waals surface area contributed by atoms with E-state index in [1.54, 1.807) is 60.1 Å². The van der Waals surface area contributed by atoms with Crippen LogP contribution in [0.3, 0.4) is 0 Å². The zero-order chi connectivity index (χ0) is 35.2. The van der Waals surface area contributed by atoms with Gasteiger partial charge < -0.3 is 19.3 Å². The second-order valence-corrected chi connectivity index (χ2v) is 13.3. The van der Waals surface area contributed by atoms with Crippen molar-refractivity contribution in [2.45, 2.75) is 90.7 Å². The molecule has 0 aromatic heterocycles. The van der Waals surface area contributed by atoms with Crippen LogP contribution in [-0.4, -0.2) is 117 Å². The third-order valence-corrected chi connectivity index (χ3v) is 7.34. The first kappa shape index (κ1) is 60.6. The molecule has 2 amide bonds. The highest BCUT2D eigenvalue weighted by Gasteiger charge is 2.32. The predicted molar refractivity (Wildman–Crippen MR) is 184 cm³/mol. The Hall–Kier alpha value is -2.67. The normalized spacial score (nSPS) is 12.8. The minimum atomic E-state index is -4.14. The average Bonchev–Trinajstić information content (AvgIpc) is 3.13. The third kappa shape index (κ3) is 34.7. The van der Waals surface area contributed by atoms with Crippen LogP contribution in [0.1, 0.15) is 85.1 Å². The van der Waals surface area contributed by atoms with Crippen molar-refractivity contribution in [2.24, 2.45) is 0 Å². The van der Waals surface area contributed by atoms with Crippen LogP contribution in [0.4, 0.5) is 4.79 Å². The van der Waals surface area contributed by atoms with Crippen LogP contribution >= 0.6 is 0 Å². The quantitative estimate of drug-likeness (QED) is 0.114. The van der Waals surface area contributed by atoms with Crippen LogP contribution in [0.5, 0.6) is 0 Å². The number of hydrogen-bond acceptors (Lipinski definition) is 14. The maximum atomic E-state index is 11.3. The van der Waals surface area contributed by atoms with Gasteiger partial charge in [0.15, 0.2) is 0 Å². The zero-order valence-electron chi connectivity index (χ0n) is 26.1. The Labute approximate surface area is 289 Å². The molecule has 1 fully saturated rings. The van der Waals surface area contributed by atoms with E-state index in [1.165, 1.54) is 0 Å². The van der Waals surface area contributed by atoms with E-state index in [2.05, 4.69) is 18.9 Å². The number of nitrogens with one attached hydrogen (secondary N) is 5. The average molecular weight is 767 g/mol. The van der Waals surface area contributed by atoms with Gasteiger partial charge in [-0.25, -0.2) is 18.5 Å². The molecule has 20 nitrogen and oxygen atoms in total. The van der Waals surface area contributed by atoms with Crippen molar-refractivity contribution in [3.63, 3.8) is 0 Å². The van der Waals surface area contributed by atoms with Gasteiger partial charge in [0.05, 0.1) is 19.8 Å². The number of rotatable bonds is 12. The lowest BCUT2D eigenvalue weighted by Crippen LogP contribution is -2.44. The van der Waals surface area contributed by atoms with Crippen molar-refractivity contribution in [1.82, 2.24) is 27.9 Å². The van der Waals surface area contributed by atoms with Gasteiger partial charge in [0, 0.05) is 19.7 Å². The summed E-state index contributed by atoms with van der Waals surface area (Å²) >= 11 is 0. The molecule has 1 aliphatic heterocycles. The molecule has 0 aliphatic carbocycles. The van der Waals surface area contributed by atoms with Crippen molar-refractivity contribution in [3.05, 3.63) is 0 Å². The van der Waals surface area contributed by atoms with E-state index in [0.29, 0.717) is 0 Å². The summed E-state index contributed by atoms with van der Waals surface area (Å²) in [5, 5.41) is 7.57. The number of amides is 2. The summed E-state index contributed by atoms with van der Waals surface area (Å²) in [6, 6.07) is 0. The molecule has 1 saturated heterocycles. The van der Waals surface area contributed by atoms with Gasteiger partial charge in [0.2, 0.25) is 0 Å². The van der Waals surface area contributed by atoms with E-state index in [-0.39, 0.29) is 81.6 Å². The Morgan fingerprint density at radius 3 is 1.50 bits per heavy atom. The molecule has 6 N–H and O–H groups in total. The van der Waals surface area contributed by atoms with E-state index in [9.17, 15) is 44.4 Å². The maximum absolute atomic E-state index is 11.3. The maximum Gasteiger partial charge on any atom is 0.422 e. The fourth-order valence-corrected chi connectivity index (χ4v) is 4.78. The van der Waals surface area contributed by atoms with Gasteiger partial charge in [-0.15, -0.1) is 0 Å². The summed E-state index contributed by atoms with van der Waals surface area (Å²) in [7, 11) is -11.1. The van der Waals surface area contributed by atoms with E-state index in [1.807, 2.05) is 9.44 Å². The number of carbonyl (C=O) groups excluding carboxylic acids is 4. The van der Waals surface area contributed by atoms with Crippen molar-refractivity contribution >= 4 is 54.6 Å². The van der Waals surface area contributed by atoms with Crippen LogP contribution in [0, 0.1) is 0 Å². The minimum Gasteiger partial charge on any atom is -0.465 e. The monoisotopic (exact) mass is 766 g/mol. The fourth-order valence-electron chi connectivity index (χ4n) is 2.22. The van der Waals surface area contributed by atoms with Crippen LogP contribution in [0.2, 0.25) is 0 Å². The lowest BCUT2D eigenvalue weighted by molar-refractivity contribution is -0.142. The number of aliphatic hydroxyl groups excluding tert-OH is 1. The highest BCUT2D eigenvalue weighted by atomic mass is 32.2. The van der Waals surface area contributed by atoms with Crippen LogP contribution in [0.15, 0.2) is 0 Å². The van der Waals surface area contributed by atoms with Gasteiger partial charge in [0.1, 0.15) is 18.7 Å². The van der Waals surface area contributed by atoms with Crippen molar-refractivity contribution in [3.8, 4) is 0 Å². The molecular formula is C25H62N6O14S3. The molecule has 0 spiro atoms. The molecule has 0 aromatic carbocycles. The standard InChI is InChI=1S/C9H18N2O6S.C6H14N2O4S.C4H8N2O3S.C2H6O.4CH4/c1-5-16-7(12)6-10-18(14,15)11-8(13)17-9(2,3)4;1-3-7-13(10,11)8-5-6(9)12-4-2;1-2-6-4(7)3-5-10(6,8)9;1-2-3;;;;/h10H,5-6H2,1-4H3,(H,11,13);7-8H,3-5H2,1-2H3;5H,2-3H2,1H3;3H,2H2,1H3;4*1H4. The smallest absolute Gasteiger partial charge is 0.422 e. The van der Waals surface area contributed by atoms with Gasteiger partial charge >= 0.3 is 38.5 Å². The van der Waals surface area contributed by atoms with E-state index in [0.717, 1.165) is 4.31 Å². The Morgan fingerprint density at radius 1 is 0.833 bits per heavy atom. The van der Waals surface area contributed by atoms with Crippen molar-refractivity contribution in [2.75, 3.05) is 52.5 Å². The highest BCUT2D eigenvalue weighted by molar-refractivity contribution is 7.88. The van der Waals surface area contributed by atoms with Gasteiger partial charge in [-0.2, -0.15) is 39.4 Å². The topological polar surface area (TPSA) is 282 Å². The first-order chi connectivity index (χ1) is 20.1. The Bertz CT molecular complexity index is 1210. The largest absolute Gasteiger partial charge is 0.465 e. The summed E-state index contributed by atoms with van der Waals surface area (Å²) in [6.07, 6.45) is -1.13. The van der Waals surface area contributed by atoms with Crippen molar-refractivity contribution in [1.29, 1.82) is 0 Å². The molecule has 0 unspecified atom stereocenters. The number of esters is 2. The molecule has 23 heteroatoms. The Kier molecular flexibility index (Phi) is 38.4. The number of likely N-dealkylation sites (N-methyl/N-ethyl adjacent to an activating group) is 1. The molecular weight excluding hydrogens is 705 g/mol. The minimum absolute atomic E-state index is 0. The first-order valence-corrected chi connectivity index (χ1v) is 17.4. The third-order valence-electron chi connectivity index (χ3n) is 3.64. The fraction of sp³-hybridized carbons (Fsp3) is 0.840. The van der Waals surface area contributed by atoms with Crippen LogP contribution in [0.25, 0.3) is 0 Å². The molecule has 0 radical (unpaired) electrons. The number of carbonyl (C=O) groups is 4. The molecule has 0 saturated carbocycles. The summed E-state index contributed by atoms with van der Waals surface area (Å²) in [6.45, 7) is 13.0. The van der Waals surface area contributed by atoms with E-state index >= 15 is 0 Å². The van der Waals surface area contributed by atoms with Gasteiger partial charge in [0.25, 0.3) is 16.1 Å². The number of nitrogens with zero attached hydrogens (tertiary/aromatic N) is 1. The summed E-state index contributed by atoms with van der Waals surface area (Å²) in [4.78, 5) is 43.5. The lowest BCUT2D eigenvalue weighted by atomic mass is 10.2. The van der Waals surface area contributed by atoms with E-state index < -0.39 is 60.8 Å². The summed E-state index contributed by atoms with van der Waals surface area (Å²) < 4.78 is 90.4. The highest BCUT2D eigenvalue weighted by Crippen LogP contribution is 2.06. The van der Waals surface area contributed by atoms with Crippen molar-refractivity contribution < 1.29 is 63.7 Å². The first-order valence-electron chi connectivity index (χ1n) is 13.0. The van der Waals surface area contributed by atoms with Gasteiger partial charge in [-0.3, -0.25) is 14.4 Å². The molecule has 294 valence electrons. The molecule has 0 aromatic rings. The van der Waals surface area contributed by atoms with Crippen LogP contribution < -0.4 is 23.6 Å². The predicted octanol–water partition coefficient (Wildman–Crippen LogP) is 0.128. The molecule has 0 atom stereocenters. The van der Waals surface area contributed by atoms with Gasteiger partial charge in [-0.1, -0.05) is 36.6 Å². The molecule has 48 heavy (non-hydrogen) atoms. The zero-order valence-corrected chi connectivity index (χ0v) is 28.5. The number of ether oxygens (including phenoxy) is 3. The molecule has 1 heterocycles. The Morgan fingerprint density at radius 2 is 1.23 bits per heavy atom. The number of hydrogen-bond donors (Lipinski definition) is 6. The second kappa shape index (κ2) is 30.4. The lowest BCUT2D eigenvalue weighted by Gasteiger charge is -2.19. The summed E-state index contributed by atoms with van der Waals surface area (Å²) in [5.74, 6) is -1.72. The van der Waals surface area contributed by atoms with E-state index in [4.69, 9.17) is 9.84 Å². The van der Waals surface area contributed by atoms with Crippen LogP contribution in [-0.2, 0) is 59.2 Å². The molecule has 1 rings (SSSR count). The number of aliphatic hydroxyl groups is 1. The summed E-state index contributed by atoms with van der Waals surface area (Å²) in [5.41, 5.74) is -0.819. The molecule has 1 aliphatic rings. The molecule has 0 bridgehead atoms. The van der Waals surface area contributed by atoms with Gasteiger partial charge in [-0.05, 0) is 48.5 Å². The Balaban J connectivity index is -0.0000000998. The SMILES string of the molecule is C.C.C.C.CCN1C(=O)CNS1(=O)=O.CCNS(=O)(=O)NCC(=O)OCC.CCO.CCOC(=O)CNS(=O)(=O)NC(=O)OC(C)(C)C. The second-order valence-electron chi connectivity index (χ2n) is 8.56.